The van der Waals surface area contributed by atoms with Crippen LogP contribution < -0.4 is 5.32 Å². The minimum Gasteiger partial charge on any atom is -0.351 e. The highest BCUT2D eigenvalue weighted by Gasteiger charge is 2.10. The molecule has 3 aromatic rings. The van der Waals surface area contributed by atoms with Gasteiger partial charge in [-0.15, -0.1) is 0 Å². The SMILES string of the molecule is ClC1N=CC=C(c2cccc(-c3ccc(-c4ccccc4)cc3)c2)N1. The highest BCUT2D eigenvalue weighted by atomic mass is 35.5. The monoisotopic (exact) mass is 344 g/mol. The van der Waals surface area contributed by atoms with Gasteiger partial charge in [0.05, 0.1) is 0 Å². The van der Waals surface area contributed by atoms with Crippen molar-refractivity contribution < 1.29 is 0 Å². The molecule has 3 aromatic carbocycles. The molecule has 1 atom stereocenters. The minimum atomic E-state index is -0.409. The number of alkyl halides is 1. The van der Waals surface area contributed by atoms with Crippen molar-refractivity contribution >= 4 is 23.5 Å². The Bertz CT molecular complexity index is 928. The number of aliphatic imine (C=N–C) groups is 1. The molecule has 0 fully saturated rings. The summed E-state index contributed by atoms with van der Waals surface area (Å²) >= 11 is 6.04. The fourth-order valence-electron chi connectivity index (χ4n) is 2.94. The van der Waals surface area contributed by atoms with Crippen molar-refractivity contribution in [3.8, 4) is 22.3 Å². The zero-order valence-electron chi connectivity index (χ0n) is 13.6. The molecule has 0 amide bonds. The van der Waals surface area contributed by atoms with E-state index >= 15 is 0 Å². The summed E-state index contributed by atoms with van der Waals surface area (Å²) in [5.74, 6) is 0. The number of nitrogens with zero attached hydrogens (tertiary/aromatic N) is 1. The number of rotatable bonds is 3. The van der Waals surface area contributed by atoms with Gasteiger partial charge < -0.3 is 5.32 Å². The molecule has 122 valence electrons. The second-order valence-corrected chi connectivity index (χ2v) is 6.30. The lowest BCUT2D eigenvalue weighted by Gasteiger charge is -2.17. The number of benzene rings is 3. The Hall–Kier alpha value is -2.84. The first-order valence-electron chi connectivity index (χ1n) is 8.20. The van der Waals surface area contributed by atoms with E-state index in [1.807, 2.05) is 12.1 Å². The molecule has 1 aliphatic heterocycles. The van der Waals surface area contributed by atoms with E-state index in [4.69, 9.17) is 11.6 Å². The van der Waals surface area contributed by atoms with Crippen LogP contribution in [0.1, 0.15) is 5.56 Å². The van der Waals surface area contributed by atoms with Crippen LogP contribution in [0.2, 0.25) is 0 Å². The molecule has 0 spiro atoms. The fourth-order valence-corrected chi connectivity index (χ4v) is 3.12. The second kappa shape index (κ2) is 6.96. The van der Waals surface area contributed by atoms with Gasteiger partial charge in [-0.05, 0) is 40.0 Å². The van der Waals surface area contributed by atoms with Gasteiger partial charge in [0, 0.05) is 11.9 Å². The zero-order valence-corrected chi connectivity index (χ0v) is 14.3. The number of allylic oxidation sites excluding steroid dienone is 1. The highest BCUT2D eigenvalue weighted by molar-refractivity contribution is 6.21. The molecule has 1 unspecified atom stereocenters. The van der Waals surface area contributed by atoms with Crippen LogP contribution in [0.15, 0.2) is 89.9 Å². The normalized spacial score (nSPS) is 16.2. The summed E-state index contributed by atoms with van der Waals surface area (Å²) in [6.45, 7) is 0. The van der Waals surface area contributed by atoms with Crippen LogP contribution in [0.5, 0.6) is 0 Å². The third-order valence-electron chi connectivity index (χ3n) is 4.23. The van der Waals surface area contributed by atoms with Crippen molar-refractivity contribution in [1.29, 1.82) is 0 Å². The molecule has 0 saturated carbocycles. The van der Waals surface area contributed by atoms with Gasteiger partial charge in [-0.2, -0.15) is 0 Å². The summed E-state index contributed by atoms with van der Waals surface area (Å²) in [5, 5.41) is 3.17. The molecule has 0 aromatic heterocycles. The molecule has 0 bridgehead atoms. The smallest absolute Gasteiger partial charge is 0.195 e. The van der Waals surface area contributed by atoms with E-state index in [0.29, 0.717) is 0 Å². The minimum absolute atomic E-state index is 0.409. The number of nitrogens with one attached hydrogen (secondary N) is 1. The molecule has 1 N–H and O–H groups in total. The second-order valence-electron chi connectivity index (χ2n) is 5.88. The first kappa shape index (κ1) is 15.7. The van der Waals surface area contributed by atoms with Crippen molar-refractivity contribution in [1.82, 2.24) is 5.32 Å². The van der Waals surface area contributed by atoms with Gasteiger partial charge in [-0.3, -0.25) is 4.99 Å². The molecule has 3 heteroatoms. The Morgan fingerprint density at radius 2 is 1.28 bits per heavy atom. The fraction of sp³-hybridized carbons (Fsp3) is 0.0455. The molecule has 0 saturated heterocycles. The average molecular weight is 345 g/mol. The third-order valence-corrected chi connectivity index (χ3v) is 4.45. The van der Waals surface area contributed by atoms with E-state index in [-0.39, 0.29) is 0 Å². The third kappa shape index (κ3) is 3.49. The molecule has 0 aliphatic carbocycles. The standard InChI is InChI=1S/C22H17ClN2/c23-22-24-14-13-21(25-22)20-8-4-7-19(15-20)18-11-9-17(10-12-18)16-5-2-1-3-6-16/h1-15,22,25H. The number of hydrogen-bond donors (Lipinski definition) is 1. The van der Waals surface area contributed by atoms with Crippen LogP contribution in [0.4, 0.5) is 0 Å². The predicted molar refractivity (Wildman–Crippen MR) is 107 cm³/mol. The molecule has 2 nitrogen and oxygen atoms in total. The molecular weight excluding hydrogens is 328 g/mol. The summed E-state index contributed by atoms with van der Waals surface area (Å²) in [4.78, 5) is 4.08. The van der Waals surface area contributed by atoms with Crippen LogP contribution >= 0.6 is 11.6 Å². The van der Waals surface area contributed by atoms with Gasteiger partial charge in [-0.1, -0.05) is 84.4 Å². The Labute approximate surface area is 152 Å². The molecule has 0 radical (unpaired) electrons. The lowest BCUT2D eigenvalue weighted by molar-refractivity contribution is 0.823. The van der Waals surface area contributed by atoms with E-state index in [9.17, 15) is 0 Å². The van der Waals surface area contributed by atoms with Gasteiger partial charge in [0.2, 0.25) is 0 Å². The van der Waals surface area contributed by atoms with Crippen molar-refractivity contribution in [2.24, 2.45) is 4.99 Å². The van der Waals surface area contributed by atoms with E-state index in [1.54, 1.807) is 6.21 Å². The summed E-state index contributed by atoms with van der Waals surface area (Å²) < 4.78 is 0. The van der Waals surface area contributed by atoms with Gasteiger partial charge >= 0.3 is 0 Å². The average Bonchev–Trinajstić information content (AvgIpc) is 2.69. The van der Waals surface area contributed by atoms with Crippen LogP contribution in [0.3, 0.4) is 0 Å². The molecule has 1 heterocycles. The van der Waals surface area contributed by atoms with Crippen LogP contribution in [-0.2, 0) is 0 Å². The van der Waals surface area contributed by atoms with Crippen LogP contribution in [-0.4, -0.2) is 11.8 Å². The summed E-state index contributed by atoms with van der Waals surface area (Å²) in [6, 6.07) is 27.5. The van der Waals surface area contributed by atoms with Gasteiger partial charge in [-0.25, -0.2) is 0 Å². The van der Waals surface area contributed by atoms with E-state index in [2.05, 4.69) is 83.1 Å². The van der Waals surface area contributed by atoms with E-state index in [1.165, 1.54) is 22.3 Å². The van der Waals surface area contributed by atoms with Crippen LogP contribution in [0, 0.1) is 0 Å². The maximum absolute atomic E-state index is 6.04. The lowest BCUT2D eigenvalue weighted by Crippen LogP contribution is -2.23. The zero-order chi connectivity index (χ0) is 17.1. The number of halogens is 1. The largest absolute Gasteiger partial charge is 0.351 e. The van der Waals surface area contributed by atoms with E-state index < -0.39 is 5.62 Å². The Balaban J connectivity index is 1.63. The Kier molecular flexibility index (Phi) is 4.36. The van der Waals surface area contributed by atoms with E-state index in [0.717, 1.165) is 11.3 Å². The molecular formula is C22H17ClN2. The van der Waals surface area contributed by atoms with Crippen molar-refractivity contribution in [3.05, 3.63) is 90.5 Å². The Morgan fingerprint density at radius 1 is 0.680 bits per heavy atom. The van der Waals surface area contributed by atoms with Crippen LogP contribution in [0.25, 0.3) is 28.0 Å². The summed E-state index contributed by atoms with van der Waals surface area (Å²) in [7, 11) is 0. The van der Waals surface area contributed by atoms with Gasteiger partial charge in [0.25, 0.3) is 0 Å². The van der Waals surface area contributed by atoms with Crippen molar-refractivity contribution in [3.63, 3.8) is 0 Å². The maximum Gasteiger partial charge on any atom is 0.195 e. The number of hydrogen-bond acceptors (Lipinski definition) is 2. The quantitative estimate of drug-likeness (QED) is 0.488. The summed E-state index contributed by atoms with van der Waals surface area (Å²) in [6.07, 6.45) is 3.68. The first-order valence-corrected chi connectivity index (χ1v) is 8.64. The summed E-state index contributed by atoms with van der Waals surface area (Å²) in [5.41, 5.74) is 6.49. The maximum atomic E-state index is 6.04. The molecule has 4 rings (SSSR count). The molecule has 25 heavy (non-hydrogen) atoms. The highest BCUT2D eigenvalue weighted by Crippen LogP contribution is 2.27. The Morgan fingerprint density at radius 3 is 2.00 bits per heavy atom. The topological polar surface area (TPSA) is 24.4 Å². The van der Waals surface area contributed by atoms with Crippen molar-refractivity contribution in [2.45, 2.75) is 5.62 Å². The van der Waals surface area contributed by atoms with Gasteiger partial charge in [0.15, 0.2) is 5.62 Å². The first-order chi connectivity index (χ1) is 12.3. The van der Waals surface area contributed by atoms with Gasteiger partial charge in [0.1, 0.15) is 0 Å². The van der Waals surface area contributed by atoms with Crippen molar-refractivity contribution in [2.75, 3.05) is 0 Å². The molecule has 1 aliphatic rings. The lowest BCUT2D eigenvalue weighted by atomic mass is 9.98. The predicted octanol–water partition coefficient (Wildman–Crippen LogP) is 5.56.